The molecule has 0 saturated carbocycles. The van der Waals surface area contributed by atoms with E-state index in [1.165, 1.54) is 0 Å². The van der Waals surface area contributed by atoms with Gasteiger partial charge in [0.2, 0.25) is 5.91 Å². The minimum atomic E-state index is -0.132. The summed E-state index contributed by atoms with van der Waals surface area (Å²) in [6.45, 7) is 5.88. The highest BCUT2D eigenvalue weighted by Crippen LogP contribution is 2.28. The van der Waals surface area contributed by atoms with Gasteiger partial charge in [-0.05, 0) is 50.1 Å². The third-order valence-electron chi connectivity index (χ3n) is 4.01. The fourth-order valence-corrected chi connectivity index (χ4v) is 2.69. The molecule has 0 bridgehead atoms. The number of rotatable bonds is 10. The van der Waals surface area contributed by atoms with Crippen molar-refractivity contribution in [1.82, 2.24) is 10.6 Å². The Morgan fingerprint density at radius 1 is 0.967 bits per heavy atom. The quantitative estimate of drug-likeness (QED) is 0.251. The van der Waals surface area contributed by atoms with Crippen LogP contribution in [0, 0.1) is 0 Å². The van der Waals surface area contributed by atoms with Crippen molar-refractivity contribution in [2.45, 2.75) is 20.3 Å². The van der Waals surface area contributed by atoms with Crippen LogP contribution in [-0.4, -0.2) is 45.2 Å². The van der Waals surface area contributed by atoms with Crippen LogP contribution in [0.3, 0.4) is 0 Å². The van der Waals surface area contributed by atoms with E-state index in [-0.39, 0.29) is 36.4 Å². The SMILES string of the molecule is CCOc1ccc(CCNC(=NC)NCC(=O)Nc2ccccc2)cc1OCC.I. The van der Waals surface area contributed by atoms with Gasteiger partial charge >= 0.3 is 0 Å². The van der Waals surface area contributed by atoms with E-state index in [0.29, 0.717) is 25.7 Å². The van der Waals surface area contributed by atoms with E-state index in [2.05, 4.69) is 20.9 Å². The number of hydrogen-bond donors (Lipinski definition) is 3. The van der Waals surface area contributed by atoms with Crippen molar-refractivity contribution in [3.8, 4) is 11.5 Å². The first-order chi connectivity index (χ1) is 14.2. The Hall–Kier alpha value is -2.49. The molecule has 0 heterocycles. The Kier molecular flexibility index (Phi) is 12.3. The van der Waals surface area contributed by atoms with Gasteiger partial charge in [-0.15, -0.1) is 24.0 Å². The first kappa shape index (κ1) is 25.5. The molecule has 0 aliphatic rings. The molecular formula is C22H31IN4O3. The van der Waals surface area contributed by atoms with Crippen molar-refractivity contribution >= 4 is 41.5 Å². The van der Waals surface area contributed by atoms with Crippen molar-refractivity contribution in [2.75, 3.05) is 38.7 Å². The summed E-state index contributed by atoms with van der Waals surface area (Å²) in [6, 6.07) is 15.3. The summed E-state index contributed by atoms with van der Waals surface area (Å²) in [5.74, 6) is 1.95. The van der Waals surface area contributed by atoms with Crippen LogP contribution in [-0.2, 0) is 11.2 Å². The van der Waals surface area contributed by atoms with E-state index in [1.54, 1.807) is 7.05 Å². The second-order valence-corrected chi connectivity index (χ2v) is 6.16. The van der Waals surface area contributed by atoms with Gasteiger partial charge in [0, 0.05) is 19.3 Å². The van der Waals surface area contributed by atoms with E-state index in [4.69, 9.17) is 9.47 Å². The standard InChI is InChI=1S/C22H30N4O3.HI/c1-4-28-19-12-11-17(15-20(19)29-5-2)13-14-24-22(23-3)25-16-21(27)26-18-9-7-6-8-10-18;/h6-12,15H,4-5,13-14,16H2,1-3H3,(H,26,27)(H2,23,24,25);1H. The fourth-order valence-electron chi connectivity index (χ4n) is 2.69. The van der Waals surface area contributed by atoms with Gasteiger partial charge in [0.05, 0.1) is 19.8 Å². The van der Waals surface area contributed by atoms with Gasteiger partial charge in [-0.1, -0.05) is 24.3 Å². The Bertz CT molecular complexity index is 800. The van der Waals surface area contributed by atoms with E-state index in [0.717, 1.165) is 29.2 Å². The van der Waals surface area contributed by atoms with Gasteiger partial charge in [0.15, 0.2) is 17.5 Å². The van der Waals surface area contributed by atoms with Crippen molar-refractivity contribution < 1.29 is 14.3 Å². The summed E-state index contributed by atoms with van der Waals surface area (Å²) in [7, 11) is 1.68. The number of amides is 1. The van der Waals surface area contributed by atoms with Crippen molar-refractivity contribution in [3.63, 3.8) is 0 Å². The molecule has 0 saturated heterocycles. The lowest BCUT2D eigenvalue weighted by atomic mass is 10.1. The first-order valence-electron chi connectivity index (χ1n) is 9.84. The molecule has 164 valence electrons. The molecule has 2 rings (SSSR count). The second kappa shape index (κ2) is 14.5. The lowest BCUT2D eigenvalue weighted by Gasteiger charge is -2.14. The molecule has 0 spiro atoms. The number of benzene rings is 2. The molecule has 2 aromatic carbocycles. The minimum Gasteiger partial charge on any atom is -0.490 e. The van der Waals surface area contributed by atoms with Gasteiger partial charge in [-0.2, -0.15) is 0 Å². The van der Waals surface area contributed by atoms with Gasteiger partial charge < -0.3 is 25.4 Å². The smallest absolute Gasteiger partial charge is 0.243 e. The third-order valence-corrected chi connectivity index (χ3v) is 4.01. The van der Waals surface area contributed by atoms with Gasteiger partial charge in [0.25, 0.3) is 0 Å². The molecule has 2 aromatic rings. The maximum atomic E-state index is 12.0. The van der Waals surface area contributed by atoms with Gasteiger partial charge in [-0.25, -0.2) is 0 Å². The fraction of sp³-hybridized carbons (Fsp3) is 0.364. The van der Waals surface area contributed by atoms with Crippen molar-refractivity contribution in [2.24, 2.45) is 4.99 Å². The van der Waals surface area contributed by atoms with Crippen LogP contribution in [0.1, 0.15) is 19.4 Å². The number of guanidine groups is 1. The number of hydrogen-bond acceptors (Lipinski definition) is 4. The molecule has 30 heavy (non-hydrogen) atoms. The zero-order valence-corrected chi connectivity index (χ0v) is 20.1. The molecule has 1 amide bonds. The number of anilines is 1. The monoisotopic (exact) mass is 526 g/mol. The maximum Gasteiger partial charge on any atom is 0.243 e. The average molecular weight is 526 g/mol. The Labute approximate surface area is 195 Å². The summed E-state index contributed by atoms with van der Waals surface area (Å²) in [5.41, 5.74) is 1.89. The second-order valence-electron chi connectivity index (χ2n) is 6.16. The topological polar surface area (TPSA) is 84.0 Å². The van der Waals surface area contributed by atoms with Crippen LogP contribution < -0.4 is 25.4 Å². The number of nitrogens with one attached hydrogen (secondary N) is 3. The summed E-state index contributed by atoms with van der Waals surface area (Å²) >= 11 is 0. The molecule has 8 heteroatoms. The molecule has 3 N–H and O–H groups in total. The Balaban J connectivity index is 0.00000450. The van der Waals surface area contributed by atoms with E-state index >= 15 is 0 Å². The molecule has 0 aliphatic heterocycles. The highest BCUT2D eigenvalue weighted by atomic mass is 127. The van der Waals surface area contributed by atoms with Gasteiger partial charge in [0.1, 0.15) is 0 Å². The summed E-state index contributed by atoms with van der Waals surface area (Å²) in [5, 5.41) is 9.06. The molecule has 0 fully saturated rings. The Morgan fingerprint density at radius 2 is 1.67 bits per heavy atom. The molecule has 0 aromatic heterocycles. The number of halogens is 1. The molecule has 0 atom stereocenters. The number of ether oxygens (including phenoxy) is 2. The highest BCUT2D eigenvalue weighted by Gasteiger charge is 2.07. The van der Waals surface area contributed by atoms with E-state index in [9.17, 15) is 4.79 Å². The normalized spacial score (nSPS) is 10.6. The molecule has 0 unspecified atom stereocenters. The predicted molar refractivity (Wildman–Crippen MR) is 132 cm³/mol. The van der Waals surface area contributed by atoms with Crippen LogP contribution in [0.5, 0.6) is 11.5 Å². The van der Waals surface area contributed by atoms with Crippen molar-refractivity contribution in [1.29, 1.82) is 0 Å². The lowest BCUT2D eigenvalue weighted by molar-refractivity contribution is -0.115. The highest BCUT2D eigenvalue weighted by molar-refractivity contribution is 14.0. The Morgan fingerprint density at radius 3 is 2.33 bits per heavy atom. The maximum absolute atomic E-state index is 12.0. The minimum absolute atomic E-state index is 0. The number of nitrogens with zero attached hydrogens (tertiary/aromatic N) is 1. The van der Waals surface area contributed by atoms with Crippen LogP contribution in [0.15, 0.2) is 53.5 Å². The zero-order chi connectivity index (χ0) is 20.9. The van der Waals surface area contributed by atoms with E-state index < -0.39 is 0 Å². The van der Waals surface area contributed by atoms with Crippen molar-refractivity contribution in [3.05, 3.63) is 54.1 Å². The number of carbonyl (C=O) groups excluding carboxylic acids is 1. The summed E-state index contributed by atoms with van der Waals surface area (Å²) in [4.78, 5) is 16.2. The van der Waals surface area contributed by atoms with Crippen LogP contribution in [0.2, 0.25) is 0 Å². The summed E-state index contributed by atoms with van der Waals surface area (Å²) in [6.07, 6.45) is 0.781. The third kappa shape index (κ3) is 8.89. The number of para-hydroxylation sites is 1. The average Bonchev–Trinajstić information content (AvgIpc) is 2.73. The van der Waals surface area contributed by atoms with Crippen LogP contribution >= 0.6 is 24.0 Å². The predicted octanol–water partition coefficient (Wildman–Crippen LogP) is 3.45. The van der Waals surface area contributed by atoms with Crippen LogP contribution in [0.25, 0.3) is 0 Å². The first-order valence-corrected chi connectivity index (χ1v) is 9.84. The molecule has 7 nitrogen and oxygen atoms in total. The van der Waals surface area contributed by atoms with Gasteiger partial charge in [-0.3, -0.25) is 9.79 Å². The largest absolute Gasteiger partial charge is 0.490 e. The van der Waals surface area contributed by atoms with Crippen LogP contribution in [0.4, 0.5) is 5.69 Å². The molecule has 0 aliphatic carbocycles. The lowest BCUT2D eigenvalue weighted by Crippen LogP contribution is -2.42. The molecular weight excluding hydrogens is 495 g/mol. The van der Waals surface area contributed by atoms with E-state index in [1.807, 2.05) is 62.4 Å². The number of carbonyl (C=O) groups is 1. The number of aliphatic imine (C=N–C) groups is 1. The summed E-state index contributed by atoms with van der Waals surface area (Å²) < 4.78 is 11.3. The zero-order valence-electron chi connectivity index (χ0n) is 17.7. The molecule has 0 radical (unpaired) electrons.